The Morgan fingerprint density at radius 3 is 2.32 bits per heavy atom. The highest BCUT2D eigenvalue weighted by molar-refractivity contribution is 5.82. The van der Waals surface area contributed by atoms with E-state index in [1.807, 2.05) is 13.8 Å². The van der Waals surface area contributed by atoms with Crippen molar-refractivity contribution in [2.24, 2.45) is 0 Å². The van der Waals surface area contributed by atoms with Gasteiger partial charge in [0.05, 0.1) is 30.0 Å². The molecule has 34 heavy (non-hydrogen) atoms. The molecule has 0 bridgehead atoms. The van der Waals surface area contributed by atoms with Gasteiger partial charge in [0.1, 0.15) is 17.5 Å². The number of benzene rings is 2. The van der Waals surface area contributed by atoms with Crippen LogP contribution in [0.1, 0.15) is 44.0 Å². The molecular weight excluding hydrogens is 442 g/mol. The molecule has 6 nitrogen and oxygen atoms in total. The summed E-state index contributed by atoms with van der Waals surface area (Å²) in [6.07, 6.45) is 0.152. The third kappa shape index (κ3) is 5.95. The number of carboxylic acid groups (broad SMARTS) is 1. The molecule has 0 saturated carbocycles. The van der Waals surface area contributed by atoms with Gasteiger partial charge in [-0.3, -0.25) is 4.79 Å². The number of aliphatic carboxylic acids is 1. The van der Waals surface area contributed by atoms with Crippen molar-refractivity contribution < 1.29 is 28.9 Å². The number of hydrogen-bond donors (Lipinski definition) is 3. The SMILES string of the molecule is Cc1cc(F)ccc1-c1c(-c2ccc(F)cc2)nc(C(C)C)n1/C=C/C(O)CC(O)CC(=O)O. The van der Waals surface area contributed by atoms with Gasteiger partial charge in [0.15, 0.2) is 0 Å². The highest BCUT2D eigenvalue weighted by Gasteiger charge is 2.22. The summed E-state index contributed by atoms with van der Waals surface area (Å²) in [6.45, 7) is 5.69. The maximum Gasteiger partial charge on any atom is 0.305 e. The Kier molecular flexibility index (Phi) is 7.96. The number of carbonyl (C=O) groups is 1. The molecule has 0 saturated heterocycles. The Morgan fingerprint density at radius 2 is 1.74 bits per heavy atom. The van der Waals surface area contributed by atoms with Gasteiger partial charge in [-0.15, -0.1) is 0 Å². The molecule has 180 valence electrons. The summed E-state index contributed by atoms with van der Waals surface area (Å²) in [7, 11) is 0. The Bertz CT molecular complexity index is 1190. The Balaban J connectivity index is 2.15. The predicted molar refractivity (Wildman–Crippen MR) is 126 cm³/mol. The largest absolute Gasteiger partial charge is 0.481 e. The van der Waals surface area contributed by atoms with Gasteiger partial charge in [0, 0.05) is 29.7 Å². The number of hydrogen-bond acceptors (Lipinski definition) is 4. The van der Waals surface area contributed by atoms with E-state index >= 15 is 0 Å². The molecule has 0 amide bonds. The van der Waals surface area contributed by atoms with Crippen molar-refractivity contribution in [3.05, 3.63) is 71.6 Å². The number of imidazole rings is 1. The molecule has 0 radical (unpaired) electrons. The van der Waals surface area contributed by atoms with Crippen LogP contribution in [-0.4, -0.2) is 43.0 Å². The van der Waals surface area contributed by atoms with Crippen LogP contribution in [0.2, 0.25) is 0 Å². The maximum atomic E-state index is 13.9. The molecule has 0 fully saturated rings. The molecule has 3 rings (SSSR count). The molecular formula is C26H28F2N2O4. The number of halogens is 2. The first-order valence-electron chi connectivity index (χ1n) is 11.0. The summed E-state index contributed by atoms with van der Waals surface area (Å²) >= 11 is 0. The summed E-state index contributed by atoms with van der Waals surface area (Å²) in [5.41, 5.74) is 3.27. The second-order valence-corrected chi connectivity index (χ2v) is 8.55. The highest BCUT2D eigenvalue weighted by Crippen LogP contribution is 2.37. The van der Waals surface area contributed by atoms with Crippen LogP contribution in [0.4, 0.5) is 8.78 Å². The number of aliphatic hydroxyl groups excluding tert-OH is 2. The van der Waals surface area contributed by atoms with E-state index in [1.165, 1.54) is 30.3 Å². The van der Waals surface area contributed by atoms with Crippen molar-refractivity contribution in [2.75, 3.05) is 0 Å². The zero-order valence-corrected chi connectivity index (χ0v) is 19.2. The van der Waals surface area contributed by atoms with Gasteiger partial charge >= 0.3 is 5.97 Å². The first kappa shape index (κ1) is 25.3. The van der Waals surface area contributed by atoms with Gasteiger partial charge in [-0.25, -0.2) is 13.8 Å². The molecule has 0 spiro atoms. The normalized spacial score (nSPS) is 13.5. The van der Waals surface area contributed by atoms with E-state index in [-0.39, 0.29) is 24.0 Å². The molecule has 1 heterocycles. The van der Waals surface area contributed by atoms with E-state index in [0.717, 1.165) is 0 Å². The maximum absolute atomic E-state index is 13.9. The molecule has 2 aromatic carbocycles. The van der Waals surface area contributed by atoms with Crippen LogP contribution in [0, 0.1) is 18.6 Å². The number of aliphatic hydroxyl groups is 2. The minimum absolute atomic E-state index is 0.0342. The van der Waals surface area contributed by atoms with Crippen molar-refractivity contribution in [1.82, 2.24) is 9.55 Å². The molecule has 2 atom stereocenters. The first-order valence-corrected chi connectivity index (χ1v) is 11.0. The van der Waals surface area contributed by atoms with Crippen molar-refractivity contribution >= 4 is 12.2 Å². The predicted octanol–water partition coefficient (Wildman–Crippen LogP) is 4.98. The molecule has 0 aliphatic heterocycles. The number of carboxylic acids is 1. The molecule has 2 unspecified atom stereocenters. The summed E-state index contributed by atoms with van der Waals surface area (Å²) < 4.78 is 29.2. The van der Waals surface area contributed by atoms with E-state index in [2.05, 4.69) is 0 Å². The second kappa shape index (κ2) is 10.7. The molecule has 3 N–H and O–H groups in total. The number of rotatable bonds is 9. The molecule has 0 aliphatic rings. The third-order valence-electron chi connectivity index (χ3n) is 5.40. The lowest BCUT2D eigenvalue weighted by Gasteiger charge is -2.14. The van der Waals surface area contributed by atoms with Gasteiger partial charge < -0.3 is 19.9 Å². The summed E-state index contributed by atoms with van der Waals surface area (Å²) in [4.78, 5) is 15.6. The van der Waals surface area contributed by atoms with Crippen LogP contribution < -0.4 is 0 Å². The molecule has 3 aromatic rings. The Morgan fingerprint density at radius 1 is 1.09 bits per heavy atom. The first-order chi connectivity index (χ1) is 16.1. The number of aryl methyl sites for hydroxylation is 1. The summed E-state index contributed by atoms with van der Waals surface area (Å²) in [5, 5.41) is 29.0. The standard InChI is InChI=1S/C26H28F2N2O4/c1-15(2)26-29-24(17-4-6-18(27)7-5-17)25(22-9-8-19(28)12-16(22)3)30(26)11-10-20(31)13-21(32)14-23(33)34/h4-12,15,20-21,31-32H,13-14H2,1-3H3,(H,33,34)/b11-10+. The van der Waals surface area contributed by atoms with E-state index in [1.54, 1.807) is 35.9 Å². The summed E-state index contributed by atoms with van der Waals surface area (Å²) in [6, 6.07) is 10.3. The topological polar surface area (TPSA) is 95.6 Å². The van der Waals surface area contributed by atoms with Crippen molar-refractivity contribution in [3.8, 4) is 22.5 Å². The van der Waals surface area contributed by atoms with Gasteiger partial charge in [0.25, 0.3) is 0 Å². The number of nitrogens with zero attached hydrogens (tertiary/aromatic N) is 2. The lowest BCUT2D eigenvalue weighted by atomic mass is 10.0. The molecule has 8 heteroatoms. The quantitative estimate of drug-likeness (QED) is 0.410. The second-order valence-electron chi connectivity index (χ2n) is 8.55. The fraction of sp³-hybridized carbons (Fsp3) is 0.308. The van der Waals surface area contributed by atoms with Crippen molar-refractivity contribution in [2.45, 2.75) is 51.7 Å². The lowest BCUT2D eigenvalue weighted by molar-refractivity contribution is -0.139. The van der Waals surface area contributed by atoms with Crippen LogP contribution in [0.15, 0.2) is 48.5 Å². The lowest BCUT2D eigenvalue weighted by Crippen LogP contribution is -2.19. The van der Waals surface area contributed by atoms with Gasteiger partial charge in [-0.2, -0.15) is 0 Å². The van der Waals surface area contributed by atoms with E-state index in [4.69, 9.17) is 10.1 Å². The minimum atomic E-state index is -1.20. The van der Waals surface area contributed by atoms with Crippen LogP contribution in [0.3, 0.4) is 0 Å². The fourth-order valence-electron chi connectivity index (χ4n) is 3.79. The average Bonchev–Trinajstić information content (AvgIpc) is 3.11. The monoisotopic (exact) mass is 470 g/mol. The van der Waals surface area contributed by atoms with Crippen LogP contribution in [0.5, 0.6) is 0 Å². The third-order valence-corrected chi connectivity index (χ3v) is 5.40. The zero-order chi connectivity index (χ0) is 25.0. The van der Waals surface area contributed by atoms with Gasteiger partial charge in [-0.1, -0.05) is 13.8 Å². The van der Waals surface area contributed by atoms with E-state index < -0.39 is 24.6 Å². The Hall–Kier alpha value is -3.36. The van der Waals surface area contributed by atoms with Gasteiger partial charge in [0.2, 0.25) is 0 Å². The number of aromatic nitrogens is 2. The smallest absolute Gasteiger partial charge is 0.305 e. The molecule has 1 aromatic heterocycles. The van der Waals surface area contributed by atoms with Crippen LogP contribution in [0.25, 0.3) is 28.7 Å². The summed E-state index contributed by atoms with van der Waals surface area (Å²) in [5.74, 6) is -1.29. The average molecular weight is 471 g/mol. The van der Waals surface area contributed by atoms with E-state index in [0.29, 0.717) is 33.9 Å². The fourth-order valence-corrected chi connectivity index (χ4v) is 3.79. The minimum Gasteiger partial charge on any atom is -0.481 e. The Labute approximate surface area is 196 Å². The zero-order valence-electron chi connectivity index (χ0n) is 19.2. The van der Waals surface area contributed by atoms with Crippen LogP contribution >= 0.6 is 0 Å². The van der Waals surface area contributed by atoms with Crippen LogP contribution in [-0.2, 0) is 4.79 Å². The molecule has 0 aliphatic carbocycles. The van der Waals surface area contributed by atoms with Crippen molar-refractivity contribution in [1.29, 1.82) is 0 Å². The van der Waals surface area contributed by atoms with E-state index in [9.17, 15) is 23.8 Å². The highest BCUT2D eigenvalue weighted by atomic mass is 19.1. The van der Waals surface area contributed by atoms with Crippen molar-refractivity contribution in [3.63, 3.8) is 0 Å². The van der Waals surface area contributed by atoms with Gasteiger partial charge in [-0.05, 0) is 61.0 Å².